The van der Waals surface area contributed by atoms with E-state index in [1.807, 2.05) is 0 Å². The molecule has 0 saturated heterocycles. The van der Waals surface area contributed by atoms with Crippen molar-refractivity contribution < 1.29 is 31.2 Å². The number of anilines is 1. The van der Waals surface area contributed by atoms with E-state index in [0.29, 0.717) is 21.0 Å². The van der Waals surface area contributed by atoms with Crippen molar-refractivity contribution in [3.63, 3.8) is 0 Å². The molecule has 0 aliphatic rings. The summed E-state index contributed by atoms with van der Waals surface area (Å²) >= 11 is 11.9. The molecule has 0 aliphatic heterocycles. The molecule has 0 bridgehead atoms. The van der Waals surface area contributed by atoms with Crippen molar-refractivity contribution in [3.8, 4) is 0 Å². The van der Waals surface area contributed by atoms with Gasteiger partial charge in [-0.05, 0) is 36.2 Å². The lowest BCUT2D eigenvalue weighted by Gasteiger charge is -2.33. The van der Waals surface area contributed by atoms with Crippen molar-refractivity contribution in [3.05, 3.63) is 63.6 Å². The maximum absolute atomic E-state index is 13.4. The molecule has 0 fully saturated rings. The molecule has 2 aromatic rings. The van der Waals surface area contributed by atoms with Crippen LogP contribution in [0.3, 0.4) is 0 Å². The lowest BCUT2D eigenvalue weighted by molar-refractivity contribution is -0.140. The monoisotopic (exact) mass is 553 g/mol. The van der Waals surface area contributed by atoms with Crippen molar-refractivity contribution in [1.82, 2.24) is 10.2 Å². The summed E-state index contributed by atoms with van der Waals surface area (Å²) < 4.78 is 65.6. The van der Waals surface area contributed by atoms with Crippen LogP contribution in [-0.4, -0.2) is 51.0 Å². The Morgan fingerprint density at radius 2 is 1.71 bits per heavy atom. The summed E-state index contributed by atoms with van der Waals surface area (Å²) in [7, 11) is -2.82. The molecule has 0 heterocycles. The summed E-state index contributed by atoms with van der Waals surface area (Å²) in [6.07, 6.45) is -3.90. The quantitative estimate of drug-likeness (QED) is 0.500. The number of nitrogens with one attached hydrogen (secondary N) is 1. The predicted octanol–water partition coefficient (Wildman–Crippen LogP) is 4.33. The number of rotatable bonds is 9. The molecule has 0 radical (unpaired) electrons. The number of benzene rings is 2. The van der Waals surface area contributed by atoms with Crippen LogP contribution in [0.1, 0.15) is 24.5 Å². The largest absolute Gasteiger partial charge is 0.417 e. The third-order valence-electron chi connectivity index (χ3n) is 5.15. The smallest absolute Gasteiger partial charge is 0.357 e. The van der Waals surface area contributed by atoms with Crippen LogP contribution in [0.4, 0.5) is 18.9 Å². The van der Waals surface area contributed by atoms with Crippen LogP contribution < -0.4 is 9.62 Å². The molecule has 7 nitrogen and oxygen atoms in total. The molecule has 0 saturated carbocycles. The Bertz CT molecular complexity index is 1190. The van der Waals surface area contributed by atoms with E-state index in [4.69, 9.17) is 23.2 Å². The Hall–Kier alpha value is -2.50. The summed E-state index contributed by atoms with van der Waals surface area (Å²) in [4.78, 5) is 27.1. The van der Waals surface area contributed by atoms with E-state index >= 15 is 0 Å². The Morgan fingerprint density at radius 3 is 2.23 bits per heavy atom. The van der Waals surface area contributed by atoms with Gasteiger partial charge in [-0.1, -0.05) is 48.3 Å². The first-order valence-electron chi connectivity index (χ1n) is 10.3. The van der Waals surface area contributed by atoms with E-state index in [1.165, 1.54) is 7.05 Å². The van der Waals surface area contributed by atoms with Crippen molar-refractivity contribution in [2.24, 2.45) is 0 Å². The van der Waals surface area contributed by atoms with E-state index in [9.17, 15) is 31.2 Å². The Kier molecular flexibility index (Phi) is 9.43. The number of hydrogen-bond acceptors (Lipinski definition) is 4. The Labute approximate surface area is 211 Å². The van der Waals surface area contributed by atoms with Gasteiger partial charge in [-0.25, -0.2) is 8.42 Å². The number of sulfonamides is 1. The molecular weight excluding hydrogens is 530 g/mol. The van der Waals surface area contributed by atoms with Crippen LogP contribution in [-0.2, 0) is 32.3 Å². The molecule has 0 aliphatic carbocycles. The third kappa shape index (κ3) is 7.25. The fraction of sp³-hybridized carbons (Fsp3) is 0.364. The fourth-order valence-electron chi connectivity index (χ4n) is 3.40. The van der Waals surface area contributed by atoms with Gasteiger partial charge in [0, 0.05) is 18.6 Å². The van der Waals surface area contributed by atoms with Crippen LogP contribution in [0.25, 0.3) is 0 Å². The van der Waals surface area contributed by atoms with Gasteiger partial charge in [-0.3, -0.25) is 13.9 Å². The van der Waals surface area contributed by atoms with Gasteiger partial charge in [0.15, 0.2) is 0 Å². The van der Waals surface area contributed by atoms with Gasteiger partial charge >= 0.3 is 6.18 Å². The van der Waals surface area contributed by atoms with Gasteiger partial charge in [0.25, 0.3) is 0 Å². The van der Waals surface area contributed by atoms with E-state index < -0.39 is 56.9 Å². The van der Waals surface area contributed by atoms with Crippen molar-refractivity contribution >= 4 is 50.7 Å². The molecule has 1 unspecified atom stereocenters. The minimum atomic E-state index is -4.84. The number of likely N-dealkylation sites (N-methyl/N-ethyl adjacent to an activating group) is 1. The molecular formula is C22H24Cl2F3N3O4S. The molecule has 2 rings (SSSR count). The highest BCUT2D eigenvalue weighted by atomic mass is 35.5. The zero-order valence-corrected chi connectivity index (χ0v) is 21.4. The van der Waals surface area contributed by atoms with Crippen molar-refractivity contribution in [1.29, 1.82) is 0 Å². The second kappa shape index (κ2) is 11.5. The van der Waals surface area contributed by atoms with Crippen molar-refractivity contribution in [2.45, 2.75) is 32.1 Å². The van der Waals surface area contributed by atoms with Crippen molar-refractivity contribution in [2.75, 3.05) is 24.2 Å². The number of alkyl halides is 3. The zero-order valence-electron chi connectivity index (χ0n) is 19.1. The van der Waals surface area contributed by atoms with Gasteiger partial charge in [-0.15, -0.1) is 0 Å². The highest BCUT2D eigenvalue weighted by Gasteiger charge is 2.36. The average molecular weight is 554 g/mol. The number of hydrogen-bond donors (Lipinski definition) is 1. The second-order valence-electron chi connectivity index (χ2n) is 7.58. The standard InChI is InChI=1S/C22H24Cl2F3N3O4S/c1-4-19(21(32)28-2)29(12-14-7-5-6-8-17(14)23)20(31)13-30(35(3,33)34)15-9-10-18(24)16(11-15)22(25,26)27/h5-11,19H,4,12-13H2,1-3H3,(H,28,32). The second-order valence-corrected chi connectivity index (χ2v) is 10.3. The number of carbonyl (C=O) groups is 2. The SMILES string of the molecule is CCC(C(=O)NC)N(Cc1ccccc1Cl)C(=O)CN(c1ccc(Cl)c(C(F)(F)F)c1)S(C)(=O)=O. The lowest BCUT2D eigenvalue weighted by atomic mass is 10.1. The summed E-state index contributed by atoms with van der Waals surface area (Å²) in [5, 5.41) is 2.17. The minimum Gasteiger partial charge on any atom is -0.357 e. The van der Waals surface area contributed by atoms with E-state index in [-0.39, 0.29) is 13.0 Å². The molecule has 1 atom stereocenters. The molecule has 2 amide bonds. The number of halogens is 5. The molecule has 192 valence electrons. The van der Waals surface area contributed by atoms with E-state index in [2.05, 4.69) is 5.32 Å². The first kappa shape index (κ1) is 28.7. The van der Waals surface area contributed by atoms with Crippen LogP contribution in [0.2, 0.25) is 10.0 Å². The summed E-state index contributed by atoms with van der Waals surface area (Å²) in [6, 6.07) is 8.14. The maximum Gasteiger partial charge on any atom is 0.417 e. The zero-order chi connectivity index (χ0) is 26.6. The van der Waals surface area contributed by atoms with E-state index in [0.717, 1.165) is 23.3 Å². The predicted molar refractivity (Wildman–Crippen MR) is 129 cm³/mol. The Morgan fingerprint density at radius 1 is 1.09 bits per heavy atom. The first-order valence-corrected chi connectivity index (χ1v) is 12.9. The average Bonchev–Trinajstić information content (AvgIpc) is 2.77. The van der Waals surface area contributed by atoms with Gasteiger partial charge in [0.2, 0.25) is 21.8 Å². The maximum atomic E-state index is 13.4. The van der Waals surface area contributed by atoms with Gasteiger partial charge in [0.05, 0.1) is 22.5 Å². The summed E-state index contributed by atoms with van der Waals surface area (Å²) in [5.74, 6) is -1.31. The van der Waals surface area contributed by atoms with Gasteiger partial charge < -0.3 is 10.2 Å². The number of nitrogens with zero attached hydrogens (tertiary/aromatic N) is 2. The van der Waals surface area contributed by atoms with Crippen LogP contribution >= 0.6 is 23.2 Å². The molecule has 2 aromatic carbocycles. The van der Waals surface area contributed by atoms with Crippen LogP contribution in [0.5, 0.6) is 0 Å². The first-order chi connectivity index (χ1) is 16.2. The molecule has 1 N–H and O–H groups in total. The van der Waals surface area contributed by atoms with Crippen LogP contribution in [0, 0.1) is 0 Å². The Balaban J connectivity index is 2.53. The van der Waals surface area contributed by atoms with Gasteiger partial charge in [0.1, 0.15) is 12.6 Å². The highest BCUT2D eigenvalue weighted by Crippen LogP contribution is 2.37. The fourth-order valence-corrected chi connectivity index (χ4v) is 4.66. The summed E-state index contributed by atoms with van der Waals surface area (Å²) in [5.41, 5.74) is -1.15. The molecule has 35 heavy (non-hydrogen) atoms. The topological polar surface area (TPSA) is 86.8 Å². The molecule has 0 aromatic heterocycles. The van der Waals surface area contributed by atoms with E-state index in [1.54, 1.807) is 31.2 Å². The third-order valence-corrected chi connectivity index (χ3v) is 6.99. The minimum absolute atomic E-state index is 0.129. The highest BCUT2D eigenvalue weighted by molar-refractivity contribution is 7.92. The van der Waals surface area contributed by atoms with Gasteiger partial charge in [-0.2, -0.15) is 13.2 Å². The lowest BCUT2D eigenvalue weighted by Crippen LogP contribution is -2.51. The molecule has 0 spiro atoms. The molecule has 13 heteroatoms. The number of carbonyl (C=O) groups excluding carboxylic acids is 2. The number of amides is 2. The summed E-state index contributed by atoms with van der Waals surface area (Å²) in [6.45, 7) is 0.683. The normalized spacial score (nSPS) is 12.7. The van der Waals surface area contributed by atoms with Crippen LogP contribution in [0.15, 0.2) is 42.5 Å².